The van der Waals surface area contributed by atoms with Crippen molar-refractivity contribution in [1.82, 2.24) is 0 Å². The highest BCUT2D eigenvalue weighted by Crippen LogP contribution is 2.26. The summed E-state index contributed by atoms with van der Waals surface area (Å²) in [7, 11) is -3.44. The maximum Gasteiger partial charge on any atom is 0.232 e. The van der Waals surface area contributed by atoms with Crippen LogP contribution in [0.2, 0.25) is 5.02 Å². The zero-order chi connectivity index (χ0) is 12.2. The van der Waals surface area contributed by atoms with Gasteiger partial charge in [0.2, 0.25) is 10.0 Å². The van der Waals surface area contributed by atoms with Gasteiger partial charge in [-0.1, -0.05) is 23.7 Å². The van der Waals surface area contributed by atoms with E-state index in [1.165, 1.54) is 0 Å². The van der Waals surface area contributed by atoms with Crippen LogP contribution in [0.5, 0.6) is 0 Å². The molecular weight excluding hydrogens is 250 g/mol. The van der Waals surface area contributed by atoms with Crippen LogP contribution in [-0.2, 0) is 10.0 Å². The number of aliphatic hydroxyl groups excluding tert-OH is 1. The predicted molar refractivity (Wildman–Crippen MR) is 65.3 cm³/mol. The van der Waals surface area contributed by atoms with Crippen LogP contribution in [0.3, 0.4) is 0 Å². The number of sulfonamides is 1. The second-order valence-corrected chi connectivity index (χ2v) is 5.68. The van der Waals surface area contributed by atoms with Crippen molar-refractivity contribution in [3.05, 3.63) is 28.8 Å². The van der Waals surface area contributed by atoms with Crippen LogP contribution in [-0.4, -0.2) is 25.9 Å². The monoisotopic (exact) mass is 263 g/mol. The Labute approximate surface area is 100 Å². The minimum Gasteiger partial charge on any atom is -0.396 e. The highest BCUT2D eigenvalue weighted by atomic mass is 35.5. The molecule has 16 heavy (non-hydrogen) atoms. The van der Waals surface area contributed by atoms with Gasteiger partial charge in [-0.2, -0.15) is 0 Å². The quantitative estimate of drug-likeness (QED) is 0.851. The number of hydrogen-bond donors (Lipinski definition) is 2. The molecule has 1 aromatic rings. The van der Waals surface area contributed by atoms with E-state index in [0.717, 1.165) is 5.56 Å². The Kier molecular flexibility index (Phi) is 4.58. The molecule has 0 bridgehead atoms. The van der Waals surface area contributed by atoms with Crippen molar-refractivity contribution in [2.75, 3.05) is 17.1 Å². The van der Waals surface area contributed by atoms with E-state index in [-0.39, 0.29) is 18.8 Å². The number of aliphatic hydroxyl groups is 1. The van der Waals surface area contributed by atoms with Gasteiger partial charge in [0.15, 0.2) is 0 Å². The molecule has 0 atom stereocenters. The third kappa shape index (κ3) is 3.66. The number of benzene rings is 1. The summed E-state index contributed by atoms with van der Waals surface area (Å²) in [5, 5.41) is 8.95. The van der Waals surface area contributed by atoms with Gasteiger partial charge < -0.3 is 5.11 Å². The van der Waals surface area contributed by atoms with Gasteiger partial charge in [0.25, 0.3) is 0 Å². The summed E-state index contributed by atoms with van der Waals surface area (Å²) in [6.07, 6.45) is 0.207. The molecule has 0 aromatic heterocycles. The number of aryl methyl sites for hydroxylation is 1. The van der Waals surface area contributed by atoms with Crippen molar-refractivity contribution in [3.8, 4) is 0 Å². The largest absolute Gasteiger partial charge is 0.396 e. The van der Waals surface area contributed by atoms with Crippen LogP contribution >= 0.6 is 11.6 Å². The lowest BCUT2D eigenvalue weighted by Crippen LogP contribution is -2.18. The van der Waals surface area contributed by atoms with Crippen LogP contribution in [0, 0.1) is 6.92 Å². The SMILES string of the molecule is Cc1cccc(Cl)c1NS(=O)(=O)CCCO. The molecule has 90 valence electrons. The van der Waals surface area contributed by atoms with Crippen molar-refractivity contribution >= 4 is 27.3 Å². The summed E-state index contributed by atoms with van der Waals surface area (Å²) in [5.41, 5.74) is 1.17. The highest BCUT2D eigenvalue weighted by Gasteiger charge is 2.13. The Balaban J connectivity index is 2.88. The first kappa shape index (κ1) is 13.3. The predicted octanol–water partition coefficient (Wildman–Crippen LogP) is 1.77. The zero-order valence-corrected chi connectivity index (χ0v) is 10.5. The standard InChI is InChI=1S/C10H14ClNO3S/c1-8-4-2-5-9(11)10(8)12-16(14,15)7-3-6-13/h2,4-5,12-13H,3,6-7H2,1H3. The molecular formula is C10H14ClNO3S. The molecule has 1 aromatic carbocycles. The van der Waals surface area contributed by atoms with Gasteiger partial charge in [-0.3, -0.25) is 4.72 Å². The fourth-order valence-electron chi connectivity index (χ4n) is 1.22. The summed E-state index contributed by atoms with van der Waals surface area (Å²) in [4.78, 5) is 0. The molecule has 0 saturated carbocycles. The smallest absolute Gasteiger partial charge is 0.232 e. The van der Waals surface area contributed by atoms with Crippen molar-refractivity contribution in [1.29, 1.82) is 0 Å². The molecule has 0 aliphatic rings. The zero-order valence-electron chi connectivity index (χ0n) is 8.90. The molecule has 0 saturated heterocycles. The molecule has 0 spiro atoms. The second-order valence-electron chi connectivity index (χ2n) is 3.43. The lowest BCUT2D eigenvalue weighted by Gasteiger charge is -2.11. The average molecular weight is 264 g/mol. The van der Waals surface area contributed by atoms with Gasteiger partial charge in [0.05, 0.1) is 16.5 Å². The van der Waals surface area contributed by atoms with Crippen molar-refractivity contribution < 1.29 is 13.5 Å². The van der Waals surface area contributed by atoms with Crippen LogP contribution in [0.25, 0.3) is 0 Å². The Bertz CT molecular complexity index is 439. The molecule has 2 N–H and O–H groups in total. The first-order chi connectivity index (χ1) is 7.46. The molecule has 0 radical (unpaired) electrons. The molecule has 4 nitrogen and oxygen atoms in total. The molecule has 0 heterocycles. The number of rotatable bonds is 5. The van der Waals surface area contributed by atoms with Crippen LogP contribution < -0.4 is 4.72 Å². The topological polar surface area (TPSA) is 66.4 Å². The summed E-state index contributed by atoms with van der Waals surface area (Å²) >= 11 is 5.89. The lowest BCUT2D eigenvalue weighted by atomic mass is 10.2. The average Bonchev–Trinajstić information content (AvgIpc) is 2.21. The van der Waals surface area contributed by atoms with Gasteiger partial charge in [-0.05, 0) is 25.0 Å². The fraction of sp³-hybridized carbons (Fsp3) is 0.400. The Morgan fingerprint density at radius 2 is 2.12 bits per heavy atom. The first-order valence-electron chi connectivity index (χ1n) is 4.83. The van der Waals surface area contributed by atoms with E-state index in [1.54, 1.807) is 25.1 Å². The van der Waals surface area contributed by atoms with Gasteiger partial charge in [-0.15, -0.1) is 0 Å². The minimum absolute atomic E-state index is 0.117. The third-order valence-corrected chi connectivity index (χ3v) is 3.71. The van der Waals surface area contributed by atoms with Gasteiger partial charge in [0, 0.05) is 6.61 Å². The summed E-state index contributed by atoms with van der Waals surface area (Å²) in [5.74, 6) is -0.117. The molecule has 6 heteroatoms. The van der Waals surface area contributed by atoms with E-state index in [2.05, 4.69) is 4.72 Å². The summed E-state index contributed by atoms with van der Waals surface area (Å²) in [6.45, 7) is 1.62. The molecule has 1 rings (SSSR count). The Morgan fingerprint density at radius 3 is 2.69 bits per heavy atom. The fourth-order valence-corrected chi connectivity index (χ4v) is 2.74. The number of hydrogen-bond acceptors (Lipinski definition) is 3. The van der Waals surface area contributed by atoms with E-state index >= 15 is 0 Å². The Morgan fingerprint density at radius 1 is 1.44 bits per heavy atom. The van der Waals surface area contributed by atoms with E-state index in [9.17, 15) is 8.42 Å². The second kappa shape index (κ2) is 5.52. The summed E-state index contributed by atoms with van der Waals surface area (Å²) < 4.78 is 25.6. The molecule has 0 unspecified atom stereocenters. The third-order valence-electron chi connectivity index (χ3n) is 2.05. The molecule has 0 fully saturated rings. The highest BCUT2D eigenvalue weighted by molar-refractivity contribution is 7.92. The van der Waals surface area contributed by atoms with Gasteiger partial charge in [-0.25, -0.2) is 8.42 Å². The Hall–Kier alpha value is -0.780. The van der Waals surface area contributed by atoms with Crippen molar-refractivity contribution in [3.63, 3.8) is 0 Å². The van der Waals surface area contributed by atoms with Crippen LogP contribution in [0.15, 0.2) is 18.2 Å². The maximum atomic E-state index is 11.6. The number of anilines is 1. The first-order valence-corrected chi connectivity index (χ1v) is 6.86. The van der Waals surface area contributed by atoms with Gasteiger partial charge in [0.1, 0.15) is 0 Å². The van der Waals surface area contributed by atoms with E-state index in [4.69, 9.17) is 16.7 Å². The van der Waals surface area contributed by atoms with E-state index < -0.39 is 10.0 Å². The normalized spacial score (nSPS) is 11.4. The minimum atomic E-state index is -3.44. The van der Waals surface area contributed by atoms with Gasteiger partial charge >= 0.3 is 0 Å². The van der Waals surface area contributed by atoms with Crippen molar-refractivity contribution in [2.24, 2.45) is 0 Å². The van der Waals surface area contributed by atoms with E-state index in [0.29, 0.717) is 10.7 Å². The number of nitrogens with one attached hydrogen (secondary N) is 1. The molecule has 0 amide bonds. The molecule has 0 aliphatic heterocycles. The molecule has 0 aliphatic carbocycles. The summed E-state index contributed by atoms with van der Waals surface area (Å²) in [6, 6.07) is 5.15. The van der Waals surface area contributed by atoms with Crippen LogP contribution in [0.1, 0.15) is 12.0 Å². The van der Waals surface area contributed by atoms with E-state index in [1.807, 2.05) is 0 Å². The van der Waals surface area contributed by atoms with Crippen LogP contribution in [0.4, 0.5) is 5.69 Å². The van der Waals surface area contributed by atoms with Crippen molar-refractivity contribution in [2.45, 2.75) is 13.3 Å². The maximum absolute atomic E-state index is 11.6. The number of para-hydroxylation sites is 1. The lowest BCUT2D eigenvalue weighted by molar-refractivity contribution is 0.295. The number of halogens is 1.